The summed E-state index contributed by atoms with van der Waals surface area (Å²) in [6.07, 6.45) is 2.93. The van der Waals surface area contributed by atoms with Gasteiger partial charge in [0.2, 0.25) is 5.91 Å². The van der Waals surface area contributed by atoms with Gasteiger partial charge in [0.25, 0.3) is 0 Å². The van der Waals surface area contributed by atoms with Crippen molar-refractivity contribution in [3.05, 3.63) is 0 Å². The van der Waals surface area contributed by atoms with E-state index >= 15 is 0 Å². The van der Waals surface area contributed by atoms with Crippen LogP contribution in [-0.2, 0) is 9.53 Å². The number of methoxy groups -OCH3 is 1. The van der Waals surface area contributed by atoms with Gasteiger partial charge >= 0.3 is 0 Å². The molecule has 0 aromatic heterocycles. The molecule has 1 atom stereocenters. The van der Waals surface area contributed by atoms with Gasteiger partial charge in [-0.3, -0.25) is 4.79 Å². The molecule has 0 aliphatic carbocycles. The monoisotopic (exact) mass is 297 g/mol. The molecule has 2 fully saturated rings. The lowest BCUT2D eigenvalue weighted by molar-refractivity contribution is -0.146. The van der Waals surface area contributed by atoms with Crippen molar-refractivity contribution in [1.82, 2.24) is 15.1 Å². The standard InChI is InChI=1S/C16H31N3O2/c1-4-18(2)11-14-5-10-19(12-14)15(20)16(13-21-3)6-8-17-9-7-16/h14,17H,4-13H2,1-3H3. The second-order valence-electron chi connectivity index (χ2n) is 6.72. The van der Waals surface area contributed by atoms with Crippen LogP contribution in [-0.4, -0.2) is 75.7 Å². The second-order valence-corrected chi connectivity index (χ2v) is 6.72. The van der Waals surface area contributed by atoms with E-state index in [1.165, 1.54) is 0 Å². The minimum Gasteiger partial charge on any atom is -0.384 e. The lowest BCUT2D eigenvalue weighted by atomic mass is 9.78. The summed E-state index contributed by atoms with van der Waals surface area (Å²) in [7, 11) is 3.86. The van der Waals surface area contributed by atoms with Gasteiger partial charge in [-0.05, 0) is 51.9 Å². The van der Waals surface area contributed by atoms with E-state index in [-0.39, 0.29) is 5.41 Å². The molecular formula is C16H31N3O2. The number of carbonyl (C=O) groups is 1. The fourth-order valence-electron chi connectivity index (χ4n) is 3.67. The third-order valence-corrected chi connectivity index (χ3v) is 5.12. The molecule has 0 aromatic carbocycles. The molecule has 122 valence electrons. The predicted octanol–water partition coefficient (Wildman–Crippen LogP) is 0.803. The summed E-state index contributed by atoms with van der Waals surface area (Å²) < 4.78 is 5.39. The van der Waals surface area contributed by atoms with Gasteiger partial charge in [-0.15, -0.1) is 0 Å². The molecule has 5 nitrogen and oxygen atoms in total. The van der Waals surface area contributed by atoms with Crippen LogP contribution in [0.4, 0.5) is 0 Å². The Hall–Kier alpha value is -0.650. The molecule has 0 spiro atoms. The zero-order chi connectivity index (χ0) is 15.3. The van der Waals surface area contributed by atoms with Crippen molar-refractivity contribution < 1.29 is 9.53 Å². The molecule has 2 saturated heterocycles. The lowest BCUT2D eigenvalue weighted by Gasteiger charge is -2.38. The van der Waals surface area contributed by atoms with Crippen molar-refractivity contribution in [2.75, 3.05) is 60.0 Å². The number of nitrogens with one attached hydrogen (secondary N) is 1. The summed E-state index contributed by atoms with van der Waals surface area (Å²) in [5, 5.41) is 3.35. The van der Waals surface area contributed by atoms with E-state index in [0.29, 0.717) is 18.4 Å². The molecule has 0 radical (unpaired) electrons. The smallest absolute Gasteiger partial charge is 0.231 e. The maximum absolute atomic E-state index is 13.0. The first-order valence-electron chi connectivity index (χ1n) is 8.29. The maximum atomic E-state index is 13.0. The summed E-state index contributed by atoms with van der Waals surface area (Å²) in [5.41, 5.74) is -0.286. The Morgan fingerprint density at radius 2 is 2.14 bits per heavy atom. The van der Waals surface area contributed by atoms with Gasteiger partial charge in [0.15, 0.2) is 0 Å². The molecule has 0 aromatic rings. The predicted molar refractivity (Wildman–Crippen MR) is 84.3 cm³/mol. The molecule has 21 heavy (non-hydrogen) atoms. The minimum absolute atomic E-state index is 0.286. The van der Waals surface area contributed by atoms with Crippen molar-refractivity contribution in [1.29, 1.82) is 0 Å². The van der Waals surface area contributed by atoms with Crippen molar-refractivity contribution in [2.45, 2.75) is 26.2 Å². The molecule has 2 rings (SSSR count). The molecule has 2 heterocycles. The van der Waals surface area contributed by atoms with Gasteiger partial charge in [-0.25, -0.2) is 0 Å². The van der Waals surface area contributed by atoms with Crippen LogP contribution in [0.5, 0.6) is 0 Å². The van der Waals surface area contributed by atoms with Crippen LogP contribution in [0.15, 0.2) is 0 Å². The van der Waals surface area contributed by atoms with Gasteiger partial charge in [0.1, 0.15) is 0 Å². The number of carbonyl (C=O) groups excluding carboxylic acids is 1. The molecule has 1 amide bonds. The van der Waals surface area contributed by atoms with Crippen LogP contribution in [0.25, 0.3) is 0 Å². The third-order valence-electron chi connectivity index (χ3n) is 5.12. The Morgan fingerprint density at radius 1 is 1.43 bits per heavy atom. The summed E-state index contributed by atoms with van der Waals surface area (Å²) >= 11 is 0. The highest BCUT2D eigenvalue weighted by Gasteiger charge is 2.43. The minimum atomic E-state index is -0.286. The largest absolute Gasteiger partial charge is 0.384 e. The zero-order valence-electron chi connectivity index (χ0n) is 13.9. The van der Waals surface area contributed by atoms with Crippen LogP contribution >= 0.6 is 0 Å². The molecular weight excluding hydrogens is 266 g/mol. The van der Waals surface area contributed by atoms with E-state index < -0.39 is 0 Å². The maximum Gasteiger partial charge on any atom is 0.231 e. The van der Waals surface area contributed by atoms with E-state index in [9.17, 15) is 4.79 Å². The van der Waals surface area contributed by atoms with E-state index in [4.69, 9.17) is 4.74 Å². The Bertz CT molecular complexity index is 337. The van der Waals surface area contributed by atoms with Gasteiger partial charge < -0.3 is 19.9 Å². The number of rotatable bonds is 6. The first-order chi connectivity index (χ1) is 10.1. The topological polar surface area (TPSA) is 44.8 Å². The van der Waals surface area contributed by atoms with Gasteiger partial charge in [-0.1, -0.05) is 6.92 Å². The Morgan fingerprint density at radius 3 is 2.76 bits per heavy atom. The van der Waals surface area contributed by atoms with Crippen LogP contribution in [0.1, 0.15) is 26.2 Å². The highest BCUT2D eigenvalue weighted by molar-refractivity contribution is 5.83. The number of likely N-dealkylation sites (tertiary alicyclic amines) is 1. The Kier molecular flexibility index (Phi) is 6.02. The quantitative estimate of drug-likeness (QED) is 0.788. The van der Waals surface area contributed by atoms with Crippen molar-refractivity contribution in [3.63, 3.8) is 0 Å². The third kappa shape index (κ3) is 3.96. The normalized spacial score (nSPS) is 25.5. The molecule has 1 unspecified atom stereocenters. The summed E-state index contributed by atoms with van der Waals surface area (Å²) in [4.78, 5) is 17.5. The average molecular weight is 297 g/mol. The van der Waals surface area contributed by atoms with Gasteiger partial charge in [0, 0.05) is 26.7 Å². The molecule has 2 aliphatic rings. The number of amides is 1. The van der Waals surface area contributed by atoms with Gasteiger partial charge in [-0.2, -0.15) is 0 Å². The van der Waals surface area contributed by atoms with Crippen molar-refractivity contribution in [2.24, 2.45) is 11.3 Å². The highest BCUT2D eigenvalue weighted by Crippen LogP contribution is 2.33. The van der Waals surface area contributed by atoms with Crippen molar-refractivity contribution >= 4 is 5.91 Å². The fraction of sp³-hybridized carbons (Fsp3) is 0.938. The van der Waals surface area contributed by atoms with E-state index in [2.05, 4.69) is 29.1 Å². The highest BCUT2D eigenvalue weighted by atomic mass is 16.5. The first-order valence-corrected chi connectivity index (χ1v) is 8.29. The average Bonchev–Trinajstić information content (AvgIpc) is 2.96. The van der Waals surface area contributed by atoms with Crippen molar-refractivity contribution in [3.8, 4) is 0 Å². The zero-order valence-corrected chi connectivity index (χ0v) is 13.9. The summed E-state index contributed by atoms with van der Waals surface area (Å²) in [5.74, 6) is 0.952. The van der Waals surface area contributed by atoms with Crippen LogP contribution < -0.4 is 5.32 Å². The molecule has 5 heteroatoms. The van der Waals surface area contributed by atoms with Crippen LogP contribution in [0.2, 0.25) is 0 Å². The van der Waals surface area contributed by atoms with Crippen LogP contribution in [0.3, 0.4) is 0 Å². The summed E-state index contributed by atoms with van der Waals surface area (Å²) in [6.45, 7) is 8.59. The molecule has 0 saturated carbocycles. The number of nitrogens with zero attached hydrogens (tertiary/aromatic N) is 2. The second kappa shape index (κ2) is 7.56. The lowest BCUT2D eigenvalue weighted by Crippen LogP contribution is -2.51. The molecule has 1 N–H and O–H groups in total. The number of ether oxygens (including phenoxy) is 1. The SMILES string of the molecule is CCN(C)CC1CCN(C(=O)C2(COC)CCNCC2)C1. The Labute approximate surface area is 129 Å². The Balaban J connectivity index is 1.95. The van der Waals surface area contributed by atoms with E-state index in [0.717, 1.165) is 58.5 Å². The number of hydrogen-bond donors (Lipinski definition) is 1. The van der Waals surface area contributed by atoms with E-state index in [1.807, 2.05) is 0 Å². The number of piperidine rings is 1. The molecule has 0 bridgehead atoms. The number of hydrogen-bond acceptors (Lipinski definition) is 4. The summed E-state index contributed by atoms with van der Waals surface area (Å²) in [6, 6.07) is 0. The fourth-order valence-corrected chi connectivity index (χ4v) is 3.67. The van der Waals surface area contributed by atoms with Crippen LogP contribution in [0, 0.1) is 11.3 Å². The van der Waals surface area contributed by atoms with Gasteiger partial charge in [0.05, 0.1) is 12.0 Å². The molecule has 2 aliphatic heterocycles. The first kappa shape index (κ1) is 16.7. The van der Waals surface area contributed by atoms with E-state index in [1.54, 1.807) is 7.11 Å².